The second kappa shape index (κ2) is 14.7. The molecule has 0 N–H and O–H groups in total. The zero-order valence-electron chi connectivity index (χ0n) is 25.8. The van der Waals surface area contributed by atoms with Crippen LogP contribution < -0.4 is 14.9 Å². The molecule has 0 spiro atoms. The number of thioether (sulfide) groups is 1. The fourth-order valence-corrected chi connectivity index (χ4v) is 7.20. The average Bonchev–Trinajstić information content (AvgIpc) is 2.83. The maximum absolute atomic E-state index is 6.46. The van der Waals surface area contributed by atoms with Gasteiger partial charge >= 0.3 is 0 Å². The molecule has 1 aliphatic carbocycles. The van der Waals surface area contributed by atoms with Crippen LogP contribution in [0, 0.1) is 0 Å². The molecule has 0 aliphatic heterocycles. The molecule has 1 fully saturated rings. The fourth-order valence-electron chi connectivity index (χ4n) is 5.28. The lowest BCUT2D eigenvalue weighted by Gasteiger charge is -2.25. The van der Waals surface area contributed by atoms with Gasteiger partial charge in [-0.15, -0.1) is 0 Å². The van der Waals surface area contributed by atoms with Crippen molar-refractivity contribution < 1.29 is 9.47 Å². The van der Waals surface area contributed by atoms with Gasteiger partial charge in [-0.2, -0.15) is 11.8 Å². The van der Waals surface area contributed by atoms with Gasteiger partial charge in [0.1, 0.15) is 11.5 Å². The molecule has 1 saturated carbocycles. The van der Waals surface area contributed by atoms with Gasteiger partial charge in [-0.3, -0.25) is 0 Å². The molecule has 2 aromatic rings. The van der Waals surface area contributed by atoms with Crippen LogP contribution in [0.25, 0.3) is 0 Å². The van der Waals surface area contributed by atoms with Gasteiger partial charge in [0.15, 0.2) is 7.28 Å². The van der Waals surface area contributed by atoms with Crippen molar-refractivity contribution in [1.29, 1.82) is 0 Å². The third-order valence-electron chi connectivity index (χ3n) is 7.81. The molecule has 0 amide bonds. The van der Waals surface area contributed by atoms with Crippen LogP contribution in [0.4, 0.5) is 0 Å². The van der Waals surface area contributed by atoms with Gasteiger partial charge < -0.3 is 9.47 Å². The van der Waals surface area contributed by atoms with E-state index in [1.54, 1.807) is 0 Å². The molecular weight excluding hydrogens is 563 g/mol. The highest BCUT2D eigenvalue weighted by Crippen LogP contribution is 2.39. The minimum atomic E-state index is 0.0763. The molecule has 0 saturated heterocycles. The smallest absolute Gasteiger partial charge is 0.230 e. The number of hydrogen-bond acceptors (Lipinski definition) is 3. The molecule has 2 aromatic carbocycles. The Morgan fingerprint density at radius 1 is 0.821 bits per heavy atom. The number of aryl methyl sites for hydroxylation is 1. The van der Waals surface area contributed by atoms with Gasteiger partial charge in [-0.1, -0.05) is 112 Å². The van der Waals surface area contributed by atoms with Gasteiger partial charge in [0.05, 0.1) is 4.47 Å². The Kier molecular flexibility index (Phi) is 12.2. The van der Waals surface area contributed by atoms with Crippen molar-refractivity contribution in [3.8, 4) is 11.5 Å². The summed E-state index contributed by atoms with van der Waals surface area (Å²) < 4.78 is 13.9. The lowest BCUT2D eigenvalue weighted by Crippen LogP contribution is -2.23. The third kappa shape index (κ3) is 9.49. The second-order valence-electron chi connectivity index (χ2n) is 13.2. The highest BCUT2D eigenvalue weighted by atomic mass is 79.9. The van der Waals surface area contributed by atoms with Crippen molar-refractivity contribution in [2.75, 3.05) is 6.79 Å². The topological polar surface area (TPSA) is 18.5 Å². The van der Waals surface area contributed by atoms with Crippen LogP contribution >= 0.6 is 27.7 Å². The van der Waals surface area contributed by atoms with Crippen LogP contribution in [-0.4, -0.2) is 19.3 Å². The van der Waals surface area contributed by atoms with Crippen LogP contribution in [0.3, 0.4) is 0 Å². The normalized spacial score (nSPS) is 15.5. The van der Waals surface area contributed by atoms with Crippen LogP contribution in [0.2, 0.25) is 6.82 Å². The number of rotatable bonds is 10. The Morgan fingerprint density at radius 2 is 1.38 bits per heavy atom. The largest absolute Gasteiger partial charge is 0.458 e. The van der Waals surface area contributed by atoms with E-state index in [4.69, 9.17) is 9.47 Å². The summed E-state index contributed by atoms with van der Waals surface area (Å²) in [6, 6.07) is 9.20. The Hall–Kier alpha value is -1.07. The van der Waals surface area contributed by atoms with E-state index in [2.05, 4.69) is 115 Å². The van der Waals surface area contributed by atoms with Gasteiger partial charge in [-0.25, -0.2) is 0 Å². The summed E-state index contributed by atoms with van der Waals surface area (Å²) in [5, 5.41) is 0.743. The first kappa shape index (κ1) is 32.4. The minimum Gasteiger partial charge on any atom is -0.458 e. The summed E-state index contributed by atoms with van der Waals surface area (Å²) in [6.07, 6.45) is 11.7. The Balaban J connectivity index is 1.83. The van der Waals surface area contributed by atoms with Crippen LogP contribution in [-0.2, 0) is 23.0 Å². The van der Waals surface area contributed by atoms with Gasteiger partial charge in [0, 0.05) is 16.6 Å². The molecule has 1 aliphatic rings. The van der Waals surface area contributed by atoms with E-state index in [0.29, 0.717) is 0 Å². The summed E-state index contributed by atoms with van der Waals surface area (Å²) in [7, 11) is 2.16. The highest BCUT2D eigenvalue weighted by Gasteiger charge is 2.22. The van der Waals surface area contributed by atoms with Gasteiger partial charge in [-0.05, 0) is 74.2 Å². The molecule has 0 heterocycles. The molecule has 3 rings (SSSR count). The predicted octanol–water partition coefficient (Wildman–Crippen LogP) is 10.1. The summed E-state index contributed by atoms with van der Waals surface area (Å²) in [6.45, 7) is 18.2. The first-order valence-corrected chi connectivity index (χ1v) is 16.9. The van der Waals surface area contributed by atoms with Crippen LogP contribution in [0.5, 0.6) is 11.5 Å². The molecule has 2 nitrogen and oxygen atoms in total. The lowest BCUT2D eigenvalue weighted by molar-refractivity contribution is 0.118. The van der Waals surface area contributed by atoms with Crippen molar-refractivity contribution in [3.63, 3.8) is 0 Å². The van der Waals surface area contributed by atoms with Crippen LogP contribution in [0.1, 0.15) is 122 Å². The SMILES string of the molecule is C[B]c1cc(C(C)(C)C)cc(CCC)c1OCOc1c(Br)cc(C(C)(C)C)cc1CSC1CCCCCCC1. The van der Waals surface area contributed by atoms with Crippen molar-refractivity contribution in [3.05, 3.63) is 51.0 Å². The molecule has 1 radical (unpaired) electrons. The zero-order valence-corrected chi connectivity index (χ0v) is 28.2. The molecular formula is C34H51BBrO2S. The van der Waals surface area contributed by atoms with E-state index in [0.717, 1.165) is 45.3 Å². The molecule has 5 heteroatoms. The van der Waals surface area contributed by atoms with Crippen LogP contribution in [0.15, 0.2) is 28.7 Å². The Morgan fingerprint density at radius 3 is 1.97 bits per heavy atom. The van der Waals surface area contributed by atoms with Crippen molar-refractivity contribution in [1.82, 2.24) is 0 Å². The number of ether oxygens (including phenoxy) is 2. The lowest BCUT2D eigenvalue weighted by atomic mass is 9.69. The molecule has 0 unspecified atom stereocenters. The van der Waals surface area contributed by atoms with Crippen molar-refractivity contribution in [2.24, 2.45) is 0 Å². The quantitative estimate of drug-likeness (QED) is 0.196. The maximum Gasteiger partial charge on any atom is 0.230 e. The fraction of sp³-hybridized carbons (Fsp3) is 0.647. The first-order valence-electron chi connectivity index (χ1n) is 15.1. The van der Waals surface area contributed by atoms with Crippen molar-refractivity contribution >= 4 is 40.4 Å². The highest BCUT2D eigenvalue weighted by molar-refractivity contribution is 9.10. The Labute approximate surface area is 253 Å². The average molecular weight is 615 g/mol. The summed E-state index contributed by atoms with van der Waals surface area (Å²) in [5.74, 6) is 2.85. The number of benzene rings is 2. The molecule has 39 heavy (non-hydrogen) atoms. The Bertz CT molecular complexity index is 1060. The number of hydrogen-bond donors (Lipinski definition) is 0. The van der Waals surface area contributed by atoms with Crippen molar-refractivity contribution in [2.45, 2.75) is 135 Å². The van der Waals surface area contributed by atoms with E-state index in [-0.39, 0.29) is 17.6 Å². The van der Waals surface area contributed by atoms with E-state index in [1.165, 1.54) is 67.2 Å². The van der Waals surface area contributed by atoms with E-state index in [9.17, 15) is 0 Å². The second-order valence-corrected chi connectivity index (χ2v) is 15.4. The molecule has 0 aromatic heterocycles. The predicted molar refractivity (Wildman–Crippen MR) is 177 cm³/mol. The van der Waals surface area contributed by atoms with E-state index >= 15 is 0 Å². The minimum absolute atomic E-state index is 0.0763. The summed E-state index contributed by atoms with van der Waals surface area (Å²) in [4.78, 5) is 0. The van der Waals surface area contributed by atoms with Gasteiger partial charge in [0.2, 0.25) is 6.79 Å². The first-order chi connectivity index (χ1) is 18.4. The summed E-state index contributed by atoms with van der Waals surface area (Å²) in [5.41, 5.74) is 6.54. The molecule has 0 atom stereocenters. The number of halogens is 1. The summed E-state index contributed by atoms with van der Waals surface area (Å²) >= 11 is 5.99. The monoisotopic (exact) mass is 613 g/mol. The zero-order chi connectivity index (χ0) is 28.6. The molecule has 0 bridgehead atoms. The standard InChI is InChI=1S/C34H51BBrO2S/c1-9-15-24-18-26(33(2,3)4)20-29(35-8)31(24)37-23-38-32-25(19-27(21-30(32)36)34(5,6)7)22-39-28-16-13-11-10-12-14-17-28/h18-21,28H,9-17,22-23H2,1-8H3. The van der Waals surface area contributed by atoms with E-state index < -0.39 is 0 Å². The van der Waals surface area contributed by atoms with E-state index in [1.807, 2.05) is 0 Å². The molecule has 215 valence electrons. The maximum atomic E-state index is 6.46. The van der Waals surface area contributed by atoms with Gasteiger partial charge in [0.25, 0.3) is 0 Å². The third-order valence-corrected chi connectivity index (χ3v) is 9.82.